The van der Waals surface area contributed by atoms with Crippen LogP contribution in [0, 0.1) is 13.8 Å². The maximum atomic E-state index is 14.5. The van der Waals surface area contributed by atoms with Gasteiger partial charge in [0.05, 0.1) is 10.6 Å². The molecule has 1 atom stereocenters. The van der Waals surface area contributed by atoms with E-state index in [1.54, 1.807) is 24.3 Å². The molecule has 9 heteroatoms. The van der Waals surface area contributed by atoms with Gasteiger partial charge in [0.2, 0.25) is 11.8 Å². The van der Waals surface area contributed by atoms with E-state index < -0.39 is 28.5 Å². The Labute approximate surface area is 269 Å². The number of nitrogens with zero attached hydrogens (tertiary/aromatic N) is 2. The molecule has 0 spiro atoms. The van der Waals surface area contributed by atoms with Gasteiger partial charge in [-0.2, -0.15) is 0 Å². The standard InChI is InChI=1S/C35H38BrN3O4S/c1-4-20-37-35(41)33(23-28-12-7-5-8-13-28)38(24-29-14-11-15-30(36)22-29)34(40)25-39(32-21-26(2)18-19-27(32)3)44(42,43)31-16-9-6-10-17-31/h5-19,21-22,33H,4,20,23-25H2,1-3H3,(H,37,41)/t33-/m1/s1. The number of carbonyl (C=O) groups excluding carboxylic acids is 2. The van der Waals surface area contributed by atoms with Crippen LogP contribution < -0.4 is 9.62 Å². The third kappa shape index (κ3) is 8.36. The minimum absolute atomic E-state index is 0.0776. The summed E-state index contributed by atoms with van der Waals surface area (Å²) in [5.41, 5.74) is 3.68. The lowest BCUT2D eigenvalue weighted by Gasteiger charge is -2.34. The third-order valence-corrected chi connectivity index (χ3v) is 9.57. The Bertz CT molecular complexity index is 1680. The second-order valence-electron chi connectivity index (χ2n) is 10.8. The maximum absolute atomic E-state index is 14.5. The van der Waals surface area contributed by atoms with Crippen LogP contribution in [-0.2, 0) is 32.6 Å². The second-order valence-corrected chi connectivity index (χ2v) is 13.5. The number of benzene rings is 4. The smallest absolute Gasteiger partial charge is 0.264 e. The van der Waals surface area contributed by atoms with Gasteiger partial charge in [-0.3, -0.25) is 13.9 Å². The van der Waals surface area contributed by atoms with Crippen LogP contribution >= 0.6 is 15.9 Å². The molecule has 0 saturated carbocycles. The average Bonchev–Trinajstić information content (AvgIpc) is 3.02. The largest absolute Gasteiger partial charge is 0.354 e. The van der Waals surface area contributed by atoms with E-state index in [1.165, 1.54) is 21.3 Å². The molecule has 0 radical (unpaired) electrons. The van der Waals surface area contributed by atoms with Crippen LogP contribution in [0.25, 0.3) is 0 Å². The molecule has 0 fully saturated rings. The Hall–Kier alpha value is -3.95. The molecule has 4 aromatic rings. The molecular weight excluding hydrogens is 638 g/mol. The summed E-state index contributed by atoms with van der Waals surface area (Å²) in [6.45, 7) is 5.75. The van der Waals surface area contributed by atoms with Gasteiger partial charge in [-0.05, 0) is 72.9 Å². The predicted octanol–water partition coefficient (Wildman–Crippen LogP) is 6.43. The molecule has 0 aliphatic carbocycles. The van der Waals surface area contributed by atoms with E-state index in [-0.39, 0.29) is 23.8 Å². The zero-order valence-electron chi connectivity index (χ0n) is 25.2. The molecule has 4 rings (SSSR count). The summed E-state index contributed by atoms with van der Waals surface area (Å²) in [5, 5.41) is 2.97. The van der Waals surface area contributed by atoms with E-state index in [0.29, 0.717) is 17.8 Å². The van der Waals surface area contributed by atoms with E-state index in [9.17, 15) is 18.0 Å². The van der Waals surface area contributed by atoms with Crippen molar-refractivity contribution in [3.05, 3.63) is 130 Å². The topological polar surface area (TPSA) is 86.8 Å². The molecule has 0 bridgehead atoms. The van der Waals surface area contributed by atoms with E-state index in [1.807, 2.05) is 87.5 Å². The molecule has 0 aliphatic heterocycles. The summed E-state index contributed by atoms with van der Waals surface area (Å²) >= 11 is 3.51. The lowest BCUT2D eigenvalue weighted by atomic mass is 10.0. The highest BCUT2D eigenvalue weighted by atomic mass is 79.9. The summed E-state index contributed by atoms with van der Waals surface area (Å²) in [5.74, 6) is -0.777. The highest BCUT2D eigenvalue weighted by Crippen LogP contribution is 2.29. The molecule has 0 aliphatic rings. The molecule has 230 valence electrons. The van der Waals surface area contributed by atoms with Gasteiger partial charge in [0.1, 0.15) is 12.6 Å². The van der Waals surface area contributed by atoms with Gasteiger partial charge in [0.15, 0.2) is 0 Å². The Morgan fingerprint density at radius 3 is 2.16 bits per heavy atom. The number of aryl methyl sites for hydroxylation is 2. The van der Waals surface area contributed by atoms with E-state index in [4.69, 9.17) is 0 Å². The number of rotatable bonds is 13. The summed E-state index contributed by atoms with van der Waals surface area (Å²) in [6.07, 6.45) is 1.00. The van der Waals surface area contributed by atoms with Gasteiger partial charge >= 0.3 is 0 Å². The van der Waals surface area contributed by atoms with Crippen LogP contribution in [0.4, 0.5) is 5.69 Å². The van der Waals surface area contributed by atoms with Crippen LogP contribution in [0.15, 0.2) is 112 Å². The molecule has 2 amide bonds. The maximum Gasteiger partial charge on any atom is 0.264 e. The van der Waals surface area contributed by atoms with Crippen LogP contribution in [0.3, 0.4) is 0 Å². The van der Waals surface area contributed by atoms with E-state index in [0.717, 1.165) is 27.6 Å². The molecule has 4 aromatic carbocycles. The first-order valence-electron chi connectivity index (χ1n) is 14.6. The lowest BCUT2D eigenvalue weighted by Crippen LogP contribution is -2.53. The SMILES string of the molecule is CCCNC(=O)[C@@H](Cc1ccccc1)N(Cc1cccc(Br)c1)C(=O)CN(c1cc(C)ccc1C)S(=O)(=O)c1ccccc1. The van der Waals surface area contributed by atoms with Gasteiger partial charge < -0.3 is 10.2 Å². The van der Waals surface area contributed by atoms with Crippen LogP contribution in [0.5, 0.6) is 0 Å². The van der Waals surface area contributed by atoms with Crippen LogP contribution in [-0.4, -0.2) is 44.3 Å². The van der Waals surface area contributed by atoms with E-state index >= 15 is 0 Å². The first-order valence-corrected chi connectivity index (χ1v) is 16.8. The highest BCUT2D eigenvalue weighted by molar-refractivity contribution is 9.10. The molecule has 0 heterocycles. The number of carbonyl (C=O) groups is 2. The zero-order chi connectivity index (χ0) is 31.7. The number of amides is 2. The number of anilines is 1. The van der Waals surface area contributed by atoms with Crippen molar-refractivity contribution in [3.63, 3.8) is 0 Å². The van der Waals surface area contributed by atoms with E-state index in [2.05, 4.69) is 21.2 Å². The molecule has 44 heavy (non-hydrogen) atoms. The quantitative estimate of drug-likeness (QED) is 0.177. The number of nitrogens with one attached hydrogen (secondary N) is 1. The molecule has 0 unspecified atom stereocenters. The molecule has 0 saturated heterocycles. The van der Waals surface area contributed by atoms with Crippen molar-refractivity contribution in [2.24, 2.45) is 0 Å². The summed E-state index contributed by atoms with van der Waals surface area (Å²) in [4.78, 5) is 29.9. The second kappa shape index (κ2) is 15.2. The van der Waals surface area contributed by atoms with Gasteiger partial charge in [-0.25, -0.2) is 8.42 Å². The van der Waals surface area contributed by atoms with Crippen molar-refractivity contribution in [3.8, 4) is 0 Å². The lowest BCUT2D eigenvalue weighted by molar-refractivity contribution is -0.140. The third-order valence-electron chi connectivity index (χ3n) is 7.31. The predicted molar refractivity (Wildman–Crippen MR) is 179 cm³/mol. The number of halogens is 1. The van der Waals surface area contributed by atoms with Crippen molar-refractivity contribution >= 4 is 43.5 Å². The van der Waals surface area contributed by atoms with Gasteiger partial charge in [-0.1, -0.05) is 95.7 Å². The van der Waals surface area contributed by atoms with Crippen molar-refractivity contribution in [2.45, 2.75) is 51.1 Å². The van der Waals surface area contributed by atoms with Gasteiger partial charge in [0, 0.05) is 24.0 Å². The summed E-state index contributed by atoms with van der Waals surface area (Å²) < 4.78 is 30.3. The fourth-order valence-electron chi connectivity index (χ4n) is 4.97. The highest BCUT2D eigenvalue weighted by Gasteiger charge is 2.35. The Balaban J connectivity index is 1.82. The van der Waals surface area contributed by atoms with Crippen LogP contribution in [0.2, 0.25) is 0 Å². The van der Waals surface area contributed by atoms with Crippen molar-refractivity contribution in [2.75, 3.05) is 17.4 Å². The zero-order valence-corrected chi connectivity index (χ0v) is 27.6. The summed E-state index contributed by atoms with van der Waals surface area (Å²) in [7, 11) is -4.14. The monoisotopic (exact) mass is 675 g/mol. The fraction of sp³-hybridized carbons (Fsp3) is 0.257. The van der Waals surface area contributed by atoms with Gasteiger partial charge in [0.25, 0.3) is 10.0 Å². The molecule has 7 nitrogen and oxygen atoms in total. The Morgan fingerprint density at radius 1 is 0.841 bits per heavy atom. The Morgan fingerprint density at radius 2 is 1.50 bits per heavy atom. The molecule has 0 aromatic heterocycles. The average molecular weight is 677 g/mol. The number of hydrogen-bond acceptors (Lipinski definition) is 4. The van der Waals surface area contributed by atoms with Crippen molar-refractivity contribution in [1.82, 2.24) is 10.2 Å². The Kier molecular flexibility index (Phi) is 11.4. The van der Waals surface area contributed by atoms with Crippen molar-refractivity contribution in [1.29, 1.82) is 0 Å². The minimum Gasteiger partial charge on any atom is -0.354 e. The number of sulfonamides is 1. The minimum atomic E-state index is -4.14. The molecule has 1 N–H and O–H groups in total. The first kappa shape index (κ1) is 33.0. The first-order chi connectivity index (χ1) is 21.1. The van der Waals surface area contributed by atoms with Crippen LogP contribution in [0.1, 0.15) is 35.6 Å². The summed E-state index contributed by atoms with van der Waals surface area (Å²) in [6, 6.07) is 29.8. The number of hydrogen-bond donors (Lipinski definition) is 1. The van der Waals surface area contributed by atoms with Gasteiger partial charge in [-0.15, -0.1) is 0 Å². The van der Waals surface area contributed by atoms with Crippen molar-refractivity contribution < 1.29 is 18.0 Å². The molecular formula is C35H38BrN3O4S. The fourth-order valence-corrected chi connectivity index (χ4v) is 6.91. The normalized spacial score (nSPS) is 11.9.